The minimum absolute atomic E-state index is 0.0375. The minimum Gasteiger partial charge on any atom is -0.352 e. The third-order valence-corrected chi connectivity index (χ3v) is 4.90. The fraction of sp³-hybridized carbons (Fsp3) is 0.600. The Balaban J connectivity index is 1.72. The molecule has 0 saturated carbocycles. The summed E-state index contributed by atoms with van der Waals surface area (Å²) in [4.78, 5) is 23.7. The lowest BCUT2D eigenvalue weighted by Crippen LogP contribution is -2.33. The van der Waals surface area contributed by atoms with Crippen LogP contribution in [0.25, 0.3) is 0 Å². The topological polar surface area (TPSA) is 70.2 Å². The van der Waals surface area contributed by atoms with E-state index in [0.717, 1.165) is 30.8 Å². The van der Waals surface area contributed by atoms with Gasteiger partial charge in [-0.15, -0.1) is 0 Å². The van der Waals surface area contributed by atoms with E-state index in [9.17, 15) is 9.59 Å². The van der Waals surface area contributed by atoms with Crippen LogP contribution in [0, 0.1) is 11.8 Å². The van der Waals surface area contributed by atoms with E-state index in [2.05, 4.69) is 22.9 Å². The van der Waals surface area contributed by atoms with Crippen molar-refractivity contribution in [1.82, 2.24) is 10.6 Å². The molecule has 0 aliphatic carbocycles. The zero-order valence-electron chi connectivity index (χ0n) is 15.4. The Labute approximate surface area is 151 Å². The second kappa shape index (κ2) is 10.2. The van der Waals surface area contributed by atoms with Crippen molar-refractivity contribution < 1.29 is 9.59 Å². The normalized spacial score (nSPS) is 16.2. The zero-order chi connectivity index (χ0) is 18.1. The molecule has 0 radical (unpaired) electrons. The molecule has 5 heteroatoms. The molecule has 3 N–H and O–H groups in total. The molecule has 1 atom stereocenters. The van der Waals surface area contributed by atoms with Gasteiger partial charge in [0.15, 0.2) is 0 Å². The van der Waals surface area contributed by atoms with Gasteiger partial charge in [0.25, 0.3) is 0 Å². The average Bonchev–Trinajstić information content (AvgIpc) is 2.62. The minimum atomic E-state index is 0.0375. The number of piperidine rings is 1. The van der Waals surface area contributed by atoms with Crippen LogP contribution in [0.4, 0.5) is 5.69 Å². The average molecular weight is 345 g/mol. The van der Waals surface area contributed by atoms with E-state index in [0.29, 0.717) is 31.2 Å². The zero-order valence-corrected chi connectivity index (χ0v) is 15.4. The van der Waals surface area contributed by atoms with Crippen molar-refractivity contribution >= 4 is 17.5 Å². The van der Waals surface area contributed by atoms with Gasteiger partial charge in [-0.2, -0.15) is 0 Å². The molecule has 2 amide bonds. The van der Waals surface area contributed by atoms with Crippen LogP contribution in [0.1, 0.15) is 51.5 Å². The van der Waals surface area contributed by atoms with Crippen LogP contribution in [-0.4, -0.2) is 24.9 Å². The third-order valence-electron chi connectivity index (χ3n) is 4.90. The number of hydrogen-bond acceptors (Lipinski definition) is 3. The molecule has 1 fully saturated rings. The Morgan fingerprint density at radius 2 is 1.84 bits per heavy atom. The molecule has 1 unspecified atom stereocenters. The summed E-state index contributed by atoms with van der Waals surface area (Å²) < 4.78 is 0. The fourth-order valence-electron chi connectivity index (χ4n) is 3.30. The molecule has 0 aromatic heterocycles. The molecule has 0 spiro atoms. The van der Waals surface area contributed by atoms with Crippen molar-refractivity contribution in [2.75, 3.05) is 18.4 Å². The van der Waals surface area contributed by atoms with E-state index >= 15 is 0 Å². The van der Waals surface area contributed by atoms with Gasteiger partial charge in [-0.05, 0) is 61.9 Å². The number of carbonyl (C=O) groups is 2. The molecule has 1 aliphatic heterocycles. The van der Waals surface area contributed by atoms with Crippen LogP contribution in [0.15, 0.2) is 24.3 Å². The standard InChI is InChI=1S/C20H31N3O2/c1-3-4-19(24)23-18-7-5-16(6-8-18)14-22-20(25)13-15(2)17-9-11-21-12-10-17/h5-8,15,17,21H,3-4,9-14H2,1-2H3,(H,22,25)(H,23,24). The Kier molecular flexibility index (Phi) is 7.92. The summed E-state index contributed by atoms with van der Waals surface area (Å²) in [6.07, 6.45) is 4.30. The summed E-state index contributed by atoms with van der Waals surface area (Å²) in [5, 5.41) is 9.24. The van der Waals surface area contributed by atoms with Crippen molar-refractivity contribution in [1.29, 1.82) is 0 Å². The Hall–Kier alpha value is -1.88. The van der Waals surface area contributed by atoms with Crippen molar-refractivity contribution in [2.45, 2.75) is 52.5 Å². The number of nitrogens with one attached hydrogen (secondary N) is 3. The van der Waals surface area contributed by atoms with Gasteiger partial charge in [0, 0.05) is 25.1 Å². The first-order valence-electron chi connectivity index (χ1n) is 9.44. The summed E-state index contributed by atoms with van der Waals surface area (Å²) in [7, 11) is 0. The lowest BCUT2D eigenvalue weighted by Gasteiger charge is -2.27. The molecule has 2 rings (SSSR count). The van der Waals surface area contributed by atoms with Crippen LogP contribution < -0.4 is 16.0 Å². The quantitative estimate of drug-likeness (QED) is 0.678. The van der Waals surface area contributed by atoms with Crippen LogP contribution in [0.2, 0.25) is 0 Å². The van der Waals surface area contributed by atoms with E-state index in [1.165, 1.54) is 12.8 Å². The first-order valence-corrected chi connectivity index (χ1v) is 9.44. The first-order chi connectivity index (χ1) is 12.1. The van der Waals surface area contributed by atoms with Gasteiger partial charge in [0.2, 0.25) is 11.8 Å². The Bertz CT molecular complexity index is 551. The predicted molar refractivity (Wildman–Crippen MR) is 101 cm³/mol. The summed E-state index contributed by atoms with van der Waals surface area (Å²) in [6.45, 7) is 6.83. The molecule has 1 saturated heterocycles. The van der Waals surface area contributed by atoms with E-state index in [1.807, 2.05) is 31.2 Å². The van der Waals surface area contributed by atoms with Gasteiger partial charge < -0.3 is 16.0 Å². The first kappa shape index (κ1) is 19.4. The number of anilines is 1. The lowest BCUT2D eigenvalue weighted by atomic mass is 9.84. The second-order valence-corrected chi connectivity index (χ2v) is 7.04. The maximum Gasteiger partial charge on any atom is 0.224 e. The summed E-state index contributed by atoms with van der Waals surface area (Å²) in [5.74, 6) is 1.23. The van der Waals surface area contributed by atoms with Gasteiger partial charge >= 0.3 is 0 Å². The highest BCUT2D eigenvalue weighted by atomic mass is 16.2. The second-order valence-electron chi connectivity index (χ2n) is 7.04. The Morgan fingerprint density at radius 3 is 2.48 bits per heavy atom. The maximum atomic E-state index is 12.2. The van der Waals surface area contributed by atoms with Gasteiger partial charge in [0.05, 0.1) is 0 Å². The van der Waals surface area contributed by atoms with Crippen molar-refractivity contribution in [3.05, 3.63) is 29.8 Å². The number of carbonyl (C=O) groups excluding carboxylic acids is 2. The molecule has 0 bridgehead atoms. The third kappa shape index (κ3) is 6.86. The van der Waals surface area contributed by atoms with E-state index in [4.69, 9.17) is 0 Å². The van der Waals surface area contributed by atoms with Crippen LogP contribution >= 0.6 is 0 Å². The summed E-state index contributed by atoms with van der Waals surface area (Å²) >= 11 is 0. The van der Waals surface area contributed by atoms with E-state index in [1.54, 1.807) is 0 Å². The molecule has 1 aromatic rings. The molecule has 1 aromatic carbocycles. The highest BCUT2D eigenvalue weighted by Gasteiger charge is 2.21. The molecule has 5 nitrogen and oxygen atoms in total. The molecule has 138 valence electrons. The fourth-order valence-corrected chi connectivity index (χ4v) is 3.30. The highest BCUT2D eigenvalue weighted by molar-refractivity contribution is 5.90. The number of rotatable bonds is 8. The van der Waals surface area contributed by atoms with E-state index in [-0.39, 0.29) is 11.8 Å². The van der Waals surface area contributed by atoms with Gasteiger partial charge in [-0.25, -0.2) is 0 Å². The molecule has 1 aliphatic rings. The number of amides is 2. The van der Waals surface area contributed by atoms with Crippen molar-refractivity contribution in [3.63, 3.8) is 0 Å². The highest BCUT2D eigenvalue weighted by Crippen LogP contribution is 2.24. The summed E-state index contributed by atoms with van der Waals surface area (Å²) in [5.41, 5.74) is 1.84. The number of hydrogen-bond donors (Lipinski definition) is 3. The SMILES string of the molecule is CCCC(=O)Nc1ccc(CNC(=O)CC(C)C2CCNCC2)cc1. The number of benzene rings is 1. The van der Waals surface area contributed by atoms with Crippen molar-refractivity contribution in [2.24, 2.45) is 11.8 Å². The molecular formula is C20H31N3O2. The van der Waals surface area contributed by atoms with Gasteiger partial charge in [0.1, 0.15) is 0 Å². The molecule has 1 heterocycles. The maximum absolute atomic E-state index is 12.2. The lowest BCUT2D eigenvalue weighted by molar-refractivity contribution is -0.122. The van der Waals surface area contributed by atoms with Crippen molar-refractivity contribution in [3.8, 4) is 0 Å². The van der Waals surface area contributed by atoms with Gasteiger partial charge in [-0.3, -0.25) is 9.59 Å². The van der Waals surface area contributed by atoms with Crippen LogP contribution in [-0.2, 0) is 16.1 Å². The summed E-state index contributed by atoms with van der Waals surface area (Å²) in [6, 6.07) is 7.65. The van der Waals surface area contributed by atoms with E-state index < -0.39 is 0 Å². The smallest absolute Gasteiger partial charge is 0.224 e. The Morgan fingerprint density at radius 1 is 1.16 bits per heavy atom. The van der Waals surface area contributed by atoms with Crippen LogP contribution in [0.3, 0.4) is 0 Å². The molecule has 25 heavy (non-hydrogen) atoms. The molecular weight excluding hydrogens is 314 g/mol. The van der Waals surface area contributed by atoms with Gasteiger partial charge in [-0.1, -0.05) is 26.0 Å². The monoisotopic (exact) mass is 345 g/mol. The predicted octanol–water partition coefficient (Wildman–Crippen LogP) is 3.07. The van der Waals surface area contributed by atoms with Crippen LogP contribution in [0.5, 0.6) is 0 Å². The largest absolute Gasteiger partial charge is 0.352 e.